The highest BCUT2D eigenvalue weighted by Crippen LogP contribution is 2.31. The van der Waals surface area contributed by atoms with E-state index in [0.717, 1.165) is 6.07 Å². The van der Waals surface area contributed by atoms with Crippen LogP contribution in [0.3, 0.4) is 0 Å². The molecule has 2 nitrogen and oxygen atoms in total. The molecule has 0 saturated heterocycles. The van der Waals surface area contributed by atoms with Gasteiger partial charge in [-0.25, -0.2) is 8.78 Å². The van der Waals surface area contributed by atoms with E-state index in [0.29, 0.717) is 10.2 Å². The van der Waals surface area contributed by atoms with Crippen molar-refractivity contribution in [1.82, 2.24) is 0 Å². The highest BCUT2D eigenvalue weighted by Gasteiger charge is 2.09. The second-order valence-corrected chi connectivity index (χ2v) is 4.28. The third kappa shape index (κ3) is 2.66. The van der Waals surface area contributed by atoms with Gasteiger partial charge in [0.1, 0.15) is 29.2 Å². The van der Waals surface area contributed by atoms with Gasteiger partial charge in [-0.1, -0.05) is 0 Å². The Bertz CT molecular complexity index is 637. The van der Waals surface area contributed by atoms with Crippen molar-refractivity contribution in [3.8, 4) is 17.6 Å². The van der Waals surface area contributed by atoms with E-state index in [4.69, 9.17) is 10.00 Å². The predicted molar refractivity (Wildman–Crippen MR) is 65.3 cm³/mol. The molecule has 0 fully saturated rings. The van der Waals surface area contributed by atoms with E-state index >= 15 is 0 Å². The predicted octanol–water partition coefficient (Wildman–Crippen LogP) is 4.39. The first-order valence-corrected chi connectivity index (χ1v) is 5.72. The Labute approximate surface area is 111 Å². The molecule has 0 aliphatic rings. The van der Waals surface area contributed by atoms with Crippen LogP contribution in [0, 0.1) is 23.0 Å². The van der Waals surface area contributed by atoms with Gasteiger partial charge in [-0.3, -0.25) is 0 Å². The van der Waals surface area contributed by atoms with Crippen molar-refractivity contribution >= 4 is 15.9 Å². The van der Waals surface area contributed by atoms with E-state index in [2.05, 4.69) is 15.9 Å². The molecular formula is C13H6BrF2NO. The van der Waals surface area contributed by atoms with E-state index < -0.39 is 11.6 Å². The average Bonchev–Trinajstić information content (AvgIpc) is 2.34. The molecule has 0 heterocycles. The molecule has 0 unspecified atom stereocenters. The lowest BCUT2D eigenvalue weighted by molar-refractivity contribution is 0.473. The van der Waals surface area contributed by atoms with Crippen LogP contribution in [-0.2, 0) is 0 Å². The Morgan fingerprint density at radius 1 is 1.00 bits per heavy atom. The number of rotatable bonds is 2. The van der Waals surface area contributed by atoms with Crippen molar-refractivity contribution in [1.29, 1.82) is 5.26 Å². The normalized spacial score (nSPS) is 9.89. The molecule has 0 aliphatic carbocycles. The first-order chi connectivity index (χ1) is 8.60. The van der Waals surface area contributed by atoms with Crippen LogP contribution < -0.4 is 4.74 Å². The number of nitrogens with zero attached hydrogens (tertiary/aromatic N) is 1. The van der Waals surface area contributed by atoms with Crippen LogP contribution in [0.25, 0.3) is 0 Å². The molecule has 0 saturated carbocycles. The minimum Gasteiger partial charge on any atom is -0.455 e. The average molecular weight is 310 g/mol. The van der Waals surface area contributed by atoms with Gasteiger partial charge < -0.3 is 4.74 Å². The third-order valence-corrected chi connectivity index (χ3v) is 2.80. The zero-order chi connectivity index (χ0) is 13.1. The second kappa shape index (κ2) is 5.15. The molecule has 2 aromatic carbocycles. The molecule has 0 radical (unpaired) electrons. The smallest absolute Gasteiger partial charge is 0.145 e. The molecule has 0 aliphatic heterocycles. The van der Waals surface area contributed by atoms with Crippen molar-refractivity contribution in [3.05, 3.63) is 58.1 Å². The van der Waals surface area contributed by atoms with E-state index in [-0.39, 0.29) is 11.3 Å². The van der Waals surface area contributed by atoms with Crippen LogP contribution in [0.5, 0.6) is 11.5 Å². The second-order valence-electron chi connectivity index (χ2n) is 3.43. The summed E-state index contributed by atoms with van der Waals surface area (Å²) in [6, 6.07) is 9.34. The number of nitriles is 1. The molecule has 0 bridgehead atoms. The van der Waals surface area contributed by atoms with Crippen LogP contribution in [0.4, 0.5) is 8.78 Å². The number of hydrogen-bond donors (Lipinski definition) is 0. The maximum Gasteiger partial charge on any atom is 0.145 e. The topological polar surface area (TPSA) is 33.0 Å². The first-order valence-electron chi connectivity index (χ1n) is 4.92. The summed E-state index contributed by atoms with van der Waals surface area (Å²) in [4.78, 5) is 0. The number of halogens is 3. The van der Waals surface area contributed by atoms with E-state index in [1.54, 1.807) is 0 Å². The van der Waals surface area contributed by atoms with E-state index in [1.165, 1.54) is 30.3 Å². The van der Waals surface area contributed by atoms with Crippen LogP contribution >= 0.6 is 15.9 Å². The van der Waals surface area contributed by atoms with Gasteiger partial charge >= 0.3 is 0 Å². The molecule has 2 rings (SSSR count). The van der Waals surface area contributed by atoms with Gasteiger partial charge in [0.2, 0.25) is 0 Å². The van der Waals surface area contributed by atoms with Crippen LogP contribution in [0.15, 0.2) is 40.9 Å². The molecule has 18 heavy (non-hydrogen) atoms. The van der Waals surface area contributed by atoms with Gasteiger partial charge in [0.25, 0.3) is 0 Å². The summed E-state index contributed by atoms with van der Waals surface area (Å²) in [7, 11) is 0. The number of benzene rings is 2. The summed E-state index contributed by atoms with van der Waals surface area (Å²) in [6.07, 6.45) is 0. The van der Waals surface area contributed by atoms with Crippen LogP contribution in [-0.4, -0.2) is 0 Å². The van der Waals surface area contributed by atoms with Crippen LogP contribution in [0.2, 0.25) is 0 Å². The fourth-order valence-corrected chi connectivity index (χ4v) is 1.79. The summed E-state index contributed by atoms with van der Waals surface area (Å²) >= 11 is 3.14. The van der Waals surface area contributed by atoms with Gasteiger partial charge in [0.05, 0.1) is 10.0 Å². The molecule has 5 heteroatoms. The van der Waals surface area contributed by atoms with Crippen molar-refractivity contribution in [3.63, 3.8) is 0 Å². The van der Waals surface area contributed by atoms with Gasteiger partial charge in [0, 0.05) is 0 Å². The molecule has 2 aromatic rings. The van der Waals surface area contributed by atoms with E-state index in [9.17, 15) is 8.78 Å². The quantitative estimate of drug-likeness (QED) is 0.824. The minimum atomic E-state index is -0.517. The van der Waals surface area contributed by atoms with Gasteiger partial charge in [-0.2, -0.15) is 5.26 Å². The zero-order valence-electron chi connectivity index (χ0n) is 8.95. The number of ether oxygens (including phenoxy) is 1. The molecule has 0 atom stereocenters. The Hall–Kier alpha value is -1.93. The zero-order valence-corrected chi connectivity index (χ0v) is 10.5. The summed E-state index contributed by atoms with van der Waals surface area (Å²) in [6.45, 7) is 0. The highest BCUT2D eigenvalue weighted by molar-refractivity contribution is 9.10. The Morgan fingerprint density at radius 2 is 1.61 bits per heavy atom. The SMILES string of the molecule is N#Cc1cc(F)ccc1Oc1ccc(F)cc1Br. The molecule has 0 aromatic heterocycles. The fourth-order valence-electron chi connectivity index (χ4n) is 1.36. The lowest BCUT2D eigenvalue weighted by Gasteiger charge is -2.09. The molecule has 0 amide bonds. The minimum absolute atomic E-state index is 0.0752. The molecule has 0 N–H and O–H groups in total. The maximum atomic E-state index is 12.9. The van der Waals surface area contributed by atoms with Gasteiger partial charge in [0.15, 0.2) is 0 Å². The highest BCUT2D eigenvalue weighted by atomic mass is 79.9. The summed E-state index contributed by atoms with van der Waals surface area (Å²) in [5.41, 5.74) is 0.0752. The van der Waals surface area contributed by atoms with Gasteiger partial charge in [-0.15, -0.1) is 0 Å². The monoisotopic (exact) mass is 309 g/mol. The Kier molecular flexibility index (Phi) is 3.58. The summed E-state index contributed by atoms with van der Waals surface area (Å²) < 4.78 is 31.7. The molecular weight excluding hydrogens is 304 g/mol. The number of hydrogen-bond acceptors (Lipinski definition) is 2. The van der Waals surface area contributed by atoms with Crippen molar-refractivity contribution in [2.24, 2.45) is 0 Å². The lowest BCUT2D eigenvalue weighted by Crippen LogP contribution is -1.90. The summed E-state index contributed by atoms with van der Waals surface area (Å²) in [5.74, 6) is -0.364. The first kappa shape index (κ1) is 12.5. The Balaban J connectivity index is 2.37. The Morgan fingerprint density at radius 3 is 2.22 bits per heavy atom. The molecule has 0 spiro atoms. The third-order valence-electron chi connectivity index (χ3n) is 2.18. The fraction of sp³-hybridized carbons (Fsp3) is 0. The van der Waals surface area contributed by atoms with Gasteiger partial charge in [-0.05, 0) is 52.3 Å². The van der Waals surface area contributed by atoms with Crippen molar-refractivity contribution < 1.29 is 13.5 Å². The van der Waals surface area contributed by atoms with E-state index in [1.807, 2.05) is 6.07 Å². The summed E-state index contributed by atoms with van der Waals surface area (Å²) in [5, 5.41) is 8.87. The van der Waals surface area contributed by atoms with Crippen LogP contribution in [0.1, 0.15) is 5.56 Å². The molecule has 90 valence electrons. The standard InChI is InChI=1S/C13H6BrF2NO/c14-11-6-10(16)2-4-13(11)18-12-3-1-9(15)5-8(12)7-17/h1-6H. The van der Waals surface area contributed by atoms with Crippen molar-refractivity contribution in [2.45, 2.75) is 0 Å². The largest absolute Gasteiger partial charge is 0.455 e. The maximum absolute atomic E-state index is 12.9. The van der Waals surface area contributed by atoms with Crippen molar-refractivity contribution in [2.75, 3.05) is 0 Å². The lowest BCUT2D eigenvalue weighted by atomic mass is 10.2.